The van der Waals surface area contributed by atoms with Crippen LogP contribution in [-0.2, 0) is 0 Å². The molecule has 0 fully saturated rings. The van der Waals surface area contributed by atoms with E-state index in [2.05, 4.69) is 57.7 Å². The monoisotopic (exact) mass is 277 g/mol. The Morgan fingerprint density at radius 3 is 2.35 bits per heavy atom. The minimum Gasteiger partial charge on any atom is -0.387 e. The Bertz CT molecular complexity index is 400. The summed E-state index contributed by atoms with van der Waals surface area (Å²) in [5.74, 6) is 0. The summed E-state index contributed by atoms with van der Waals surface area (Å²) in [5, 5.41) is 10.5. The Kier molecular flexibility index (Phi) is 7.25. The molecule has 0 spiro atoms. The van der Waals surface area contributed by atoms with Crippen LogP contribution in [0.25, 0.3) is 0 Å². The molecule has 1 N–H and O–H groups in total. The van der Waals surface area contributed by atoms with E-state index in [-0.39, 0.29) is 0 Å². The molecule has 0 aliphatic carbocycles. The molecule has 0 heterocycles. The van der Waals surface area contributed by atoms with Gasteiger partial charge in [0, 0.05) is 12.6 Å². The first-order valence-corrected chi connectivity index (χ1v) is 7.95. The zero-order valence-electron chi connectivity index (χ0n) is 13.8. The first-order valence-electron chi connectivity index (χ1n) is 7.95. The van der Waals surface area contributed by atoms with E-state index in [1.165, 1.54) is 30.4 Å². The van der Waals surface area contributed by atoms with Gasteiger partial charge < -0.3 is 5.11 Å². The molecule has 1 unspecified atom stereocenters. The van der Waals surface area contributed by atoms with E-state index in [0.717, 1.165) is 18.7 Å². The Morgan fingerprint density at radius 2 is 1.80 bits per heavy atom. The van der Waals surface area contributed by atoms with E-state index in [1.807, 2.05) is 0 Å². The third kappa shape index (κ3) is 5.26. The minimum atomic E-state index is -0.390. The van der Waals surface area contributed by atoms with Gasteiger partial charge in [-0.15, -0.1) is 0 Å². The molecule has 0 saturated carbocycles. The number of aliphatic hydroxyl groups excluding tert-OH is 1. The molecule has 1 aromatic rings. The largest absolute Gasteiger partial charge is 0.387 e. The Balaban J connectivity index is 2.64. The van der Waals surface area contributed by atoms with Crippen LogP contribution >= 0.6 is 0 Å². The van der Waals surface area contributed by atoms with Gasteiger partial charge in [0.1, 0.15) is 0 Å². The molecule has 0 radical (unpaired) electrons. The molecule has 0 saturated heterocycles. The van der Waals surface area contributed by atoms with Crippen molar-refractivity contribution in [3.63, 3.8) is 0 Å². The van der Waals surface area contributed by atoms with Gasteiger partial charge in [-0.1, -0.05) is 38.0 Å². The fourth-order valence-corrected chi connectivity index (χ4v) is 2.42. The summed E-state index contributed by atoms with van der Waals surface area (Å²) in [5.41, 5.74) is 3.57. The highest BCUT2D eigenvalue weighted by Gasteiger charge is 2.16. The van der Waals surface area contributed by atoms with Crippen LogP contribution in [0.4, 0.5) is 0 Å². The lowest BCUT2D eigenvalue weighted by Crippen LogP contribution is -2.35. The molecule has 1 aromatic carbocycles. The number of nitrogens with zero attached hydrogens (tertiary/aromatic N) is 1. The second-order valence-corrected chi connectivity index (χ2v) is 6.16. The lowest BCUT2D eigenvalue weighted by Gasteiger charge is -2.29. The van der Waals surface area contributed by atoms with Crippen molar-refractivity contribution in [2.45, 2.75) is 66.0 Å². The van der Waals surface area contributed by atoms with Crippen molar-refractivity contribution in [3.05, 3.63) is 34.9 Å². The van der Waals surface area contributed by atoms with Crippen LogP contribution in [0.2, 0.25) is 0 Å². The minimum absolute atomic E-state index is 0.390. The number of aryl methyl sites for hydroxylation is 2. The zero-order valence-corrected chi connectivity index (χ0v) is 13.8. The SMILES string of the molecule is CCCCCN(CC(O)c1ccc(C)c(C)c1)C(C)C. The number of hydrogen-bond acceptors (Lipinski definition) is 2. The summed E-state index contributed by atoms with van der Waals surface area (Å²) in [7, 11) is 0. The maximum absolute atomic E-state index is 10.5. The van der Waals surface area contributed by atoms with E-state index in [4.69, 9.17) is 0 Å². The van der Waals surface area contributed by atoms with Gasteiger partial charge in [-0.05, 0) is 57.4 Å². The van der Waals surface area contributed by atoms with Crippen molar-refractivity contribution in [1.29, 1.82) is 0 Å². The van der Waals surface area contributed by atoms with Crippen molar-refractivity contribution in [2.24, 2.45) is 0 Å². The van der Waals surface area contributed by atoms with Gasteiger partial charge in [0.05, 0.1) is 6.10 Å². The summed E-state index contributed by atoms with van der Waals surface area (Å²) in [6.07, 6.45) is 3.33. The van der Waals surface area contributed by atoms with Crippen LogP contribution in [0, 0.1) is 13.8 Å². The highest BCUT2D eigenvalue weighted by molar-refractivity contribution is 5.31. The summed E-state index contributed by atoms with van der Waals surface area (Å²) in [6.45, 7) is 12.7. The molecular formula is C18H31NO. The van der Waals surface area contributed by atoms with Crippen LogP contribution in [0.1, 0.15) is 62.8 Å². The fourth-order valence-electron chi connectivity index (χ4n) is 2.42. The maximum Gasteiger partial charge on any atom is 0.0917 e. The number of hydrogen-bond donors (Lipinski definition) is 1. The Morgan fingerprint density at radius 1 is 1.10 bits per heavy atom. The summed E-state index contributed by atoms with van der Waals surface area (Å²) < 4.78 is 0. The van der Waals surface area contributed by atoms with E-state index in [9.17, 15) is 5.11 Å². The average molecular weight is 277 g/mol. The van der Waals surface area contributed by atoms with Crippen molar-refractivity contribution >= 4 is 0 Å². The van der Waals surface area contributed by atoms with Crippen molar-refractivity contribution in [3.8, 4) is 0 Å². The van der Waals surface area contributed by atoms with Crippen LogP contribution in [0.3, 0.4) is 0 Å². The number of benzene rings is 1. The van der Waals surface area contributed by atoms with Gasteiger partial charge in [0.15, 0.2) is 0 Å². The fraction of sp³-hybridized carbons (Fsp3) is 0.667. The van der Waals surface area contributed by atoms with Gasteiger partial charge in [-0.25, -0.2) is 0 Å². The summed E-state index contributed by atoms with van der Waals surface area (Å²) in [4.78, 5) is 2.38. The first kappa shape index (κ1) is 17.2. The van der Waals surface area contributed by atoms with E-state index < -0.39 is 6.10 Å². The van der Waals surface area contributed by atoms with E-state index >= 15 is 0 Å². The topological polar surface area (TPSA) is 23.5 Å². The van der Waals surface area contributed by atoms with Crippen molar-refractivity contribution < 1.29 is 5.11 Å². The second kappa shape index (κ2) is 8.43. The second-order valence-electron chi connectivity index (χ2n) is 6.16. The summed E-state index contributed by atoms with van der Waals surface area (Å²) >= 11 is 0. The van der Waals surface area contributed by atoms with Gasteiger partial charge >= 0.3 is 0 Å². The number of aliphatic hydroxyl groups is 1. The standard InChI is InChI=1S/C18H31NO/c1-6-7-8-11-19(14(2)3)13-18(20)17-10-9-15(4)16(5)12-17/h9-10,12,14,18,20H,6-8,11,13H2,1-5H3. The molecular weight excluding hydrogens is 246 g/mol. The van der Waals surface area contributed by atoms with Crippen molar-refractivity contribution in [2.75, 3.05) is 13.1 Å². The average Bonchev–Trinajstić information content (AvgIpc) is 2.40. The molecule has 0 aromatic heterocycles. The molecule has 20 heavy (non-hydrogen) atoms. The normalized spacial score (nSPS) is 13.2. The molecule has 0 aliphatic heterocycles. The molecule has 2 nitrogen and oxygen atoms in total. The molecule has 114 valence electrons. The molecule has 0 aliphatic rings. The first-order chi connectivity index (χ1) is 9.45. The van der Waals surface area contributed by atoms with Gasteiger partial charge in [0.25, 0.3) is 0 Å². The van der Waals surface area contributed by atoms with Crippen molar-refractivity contribution in [1.82, 2.24) is 4.90 Å². The number of rotatable bonds is 8. The quantitative estimate of drug-likeness (QED) is 0.719. The molecule has 1 atom stereocenters. The Labute approximate surface area is 124 Å². The van der Waals surface area contributed by atoms with E-state index in [0.29, 0.717) is 6.04 Å². The third-order valence-corrected chi connectivity index (χ3v) is 4.10. The van der Waals surface area contributed by atoms with Gasteiger partial charge in [-0.2, -0.15) is 0 Å². The third-order valence-electron chi connectivity index (χ3n) is 4.10. The van der Waals surface area contributed by atoms with E-state index in [1.54, 1.807) is 0 Å². The highest BCUT2D eigenvalue weighted by Crippen LogP contribution is 2.19. The Hall–Kier alpha value is -0.860. The van der Waals surface area contributed by atoms with Gasteiger partial charge in [0.2, 0.25) is 0 Å². The number of unbranched alkanes of at least 4 members (excludes halogenated alkanes) is 2. The molecule has 2 heteroatoms. The lowest BCUT2D eigenvalue weighted by molar-refractivity contribution is 0.0942. The molecule has 0 amide bonds. The predicted molar refractivity (Wildman–Crippen MR) is 87.1 cm³/mol. The van der Waals surface area contributed by atoms with Crippen LogP contribution in [-0.4, -0.2) is 29.1 Å². The van der Waals surface area contributed by atoms with Crippen LogP contribution < -0.4 is 0 Å². The molecule has 1 rings (SSSR count). The molecule has 0 bridgehead atoms. The zero-order chi connectivity index (χ0) is 15.1. The highest BCUT2D eigenvalue weighted by atomic mass is 16.3. The summed E-state index contributed by atoms with van der Waals surface area (Å²) in [6, 6.07) is 6.75. The predicted octanol–water partition coefficient (Wildman–Crippen LogP) is 4.24. The lowest BCUT2D eigenvalue weighted by atomic mass is 10.0. The van der Waals surface area contributed by atoms with Crippen LogP contribution in [0.15, 0.2) is 18.2 Å². The maximum atomic E-state index is 10.5. The van der Waals surface area contributed by atoms with Crippen LogP contribution in [0.5, 0.6) is 0 Å². The van der Waals surface area contributed by atoms with Gasteiger partial charge in [-0.3, -0.25) is 4.90 Å². The smallest absolute Gasteiger partial charge is 0.0917 e.